The van der Waals surface area contributed by atoms with Crippen LogP contribution in [0.3, 0.4) is 0 Å². The van der Waals surface area contributed by atoms with Crippen LogP contribution in [-0.2, 0) is 12.8 Å². The molecule has 0 radical (unpaired) electrons. The van der Waals surface area contributed by atoms with Crippen molar-refractivity contribution in [1.29, 1.82) is 0 Å². The lowest BCUT2D eigenvalue weighted by molar-refractivity contribution is 0.256. The third-order valence-electron chi connectivity index (χ3n) is 5.36. The van der Waals surface area contributed by atoms with Crippen LogP contribution in [0.5, 0.6) is 0 Å². The highest BCUT2D eigenvalue weighted by Crippen LogP contribution is 2.29. The van der Waals surface area contributed by atoms with E-state index < -0.39 is 0 Å². The fourth-order valence-corrected chi connectivity index (χ4v) is 4.20. The molecule has 0 amide bonds. The Morgan fingerprint density at radius 3 is 2.45 bits per heavy atom. The largest absolute Gasteiger partial charge is 0.311 e. The van der Waals surface area contributed by atoms with Gasteiger partial charge in [-0.3, -0.25) is 0 Å². The number of hydrogen-bond acceptors (Lipinski definition) is 1. The van der Waals surface area contributed by atoms with Gasteiger partial charge in [-0.1, -0.05) is 44.0 Å². The quantitative estimate of drug-likeness (QED) is 0.850. The fourth-order valence-electron chi connectivity index (χ4n) is 4.20. The molecule has 3 rings (SSSR count). The third-order valence-corrected chi connectivity index (χ3v) is 5.36. The van der Waals surface area contributed by atoms with Gasteiger partial charge in [0, 0.05) is 12.1 Å². The molecule has 0 aromatic heterocycles. The Hall–Kier alpha value is -0.820. The summed E-state index contributed by atoms with van der Waals surface area (Å²) in [5, 5.41) is 3.96. The van der Waals surface area contributed by atoms with E-state index in [4.69, 9.17) is 0 Å². The second kappa shape index (κ2) is 6.76. The average Bonchev–Trinajstić information content (AvgIpc) is 2.49. The van der Waals surface area contributed by atoms with Crippen molar-refractivity contribution in [2.75, 3.05) is 0 Å². The van der Waals surface area contributed by atoms with Crippen LogP contribution in [0.2, 0.25) is 0 Å². The van der Waals surface area contributed by atoms with Crippen molar-refractivity contribution < 1.29 is 0 Å². The Balaban J connectivity index is 1.48. The summed E-state index contributed by atoms with van der Waals surface area (Å²) in [6.45, 7) is 2.32. The standard InChI is InChI=1S/C19H29N/c1-2-5-15-8-11-18(12-9-15)20-19-13-10-16-6-3-4-7-17(16)14-19/h3-4,6-7,15,18-20H,2,5,8-14H2,1H3. The van der Waals surface area contributed by atoms with Gasteiger partial charge in [0.1, 0.15) is 0 Å². The van der Waals surface area contributed by atoms with Crippen LogP contribution in [-0.4, -0.2) is 12.1 Å². The van der Waals surface area contributed by atoms with E-state index in [0.717, 1.165) is 18.0 Å². The maximum absolute atomic E-state index is 3.96. The summed E-state index contributed by atoms with van der Waals surface area (Å²) in [6, 6.07) is 10.5. The van der Waals surface area contributed by atoms with Crippen molar-refractivity contribution in [1.82, 2.24) is 5.32 Å². The maximum Gasteiger partial charge on any atom is 0.0113 e. The highest BCUT2D eigenvalue weighted by molar-refractivity contribution is 5.30. The van der Waals surface area contributed by atoms with Crippen molar-refractivity contribution in [2.45, 2.75) is 76.8 Å². The lowest BCUT2D eigenvalue weighted by atomic mass is 9.82. The number of aryl methyl sites for hydroxylation is 1. The minimum atomic E-state index is 0.720. The molecule has 0 heterocycles. The van der Waals surface area contributed by atoms with E-state index in [-0.39, 0.29) is 0 Å². The molecule has 1 heteroatoms. The molecule has 1 saturated carbocycles. The first kappa shape index (κ1) is 14.1. The van der Waals surface area contributed by atoms with Crippen molar-refractivity contribution >= 4 is 0 Å². The zero-order chi connectivity index (χ0) is 13.8. The monoisotopic (exact) mass is 271 g/mol. The second-order valence-corrected chi connectivity index (χ2v) is 6.88. The highest BCUT2D eigenvalue weighted by Gasteiger charge is 2.24. The van der Waals surface area contributed by atoms with Gasteiger partial charge < -0.3 is 5.32 Å². The van der Waals surface area contributed by atoms with Gasteiger partial charge in [-0.2, -0.15) is 0 Å². The normalized spacial score (nSPS) is 29.9. The van der Waals surface area contributed by atoms with E-state index in [9.17, 15) is 0 Å². The Morgan fingerprint density at radius 2 is 1.70 bits per heavy atom. The molecule has 1 atom stereocenters. The second-order valence-electron chi connectivity index (χ2n) is 6.88. The Bertz CT molecular complexity index is 418. The summed E-state index contributed by atoms with van der Waals surface area (Å²) in [4.78, 5) is 0. The molecule has 2 aliphatic rings. The van der Waals surface area contributed by atoms with Gasteiger partial charge in [-0.25, -0.2) is 0 Å². The summed E-state index contributed by atoms with van der Waals surface area (Å²) < 4.78 is 0. The first-order valence-corrected chi connectivity index (χ1v) is 8.68. The van der Waals surface area contributed by atoms with Gasteiger partial charge in [0.25, 0.3) is 0 Å². The van der Waals surface area contributed by atoms with Crippen molar-refractivity contribution in [3.63, 3.8) is 0 Å². The number of benzene rings is 1. The van der Waals surface area contributed by atoms with Gasteiger partial charge in [-0.05, 0) is 62.0 Å². The van der Waals surface area contributed by atoms with Crippen LogP contribution in [0, 0.1) is 5.92 Å². The molecular formula is C19H29N. The SMILES string of the molecule is CCCC1CCC(NC2CCc3ccccc3C2)CC1. The Morgan fingerprint density at radius 1 is 0.950 bits per heavy atom. The lowest BCUT2D eigenvalue weighted by Crippen LogP contribution is -2.43. The molecular weight excluding hydrogens is 242 g/mol. The number of fused-ring (bicyclic) bond motifs is 1. The van der Waals surface area contributed by atoms with Crippen LogP contribution in [0.15, 0.2) is 24.3 Å². The van der Waals surface area contributed by atoms with Gasteiger partial charge in [0.15, 0.2) is 0 Å². The molecule has 1 aromatic carbocycles. The van der Waals surface area contributed by atoms with E-state index >= 15 is 0 Å². The van der Waals surface area contributed by atoms with E-state index in [1.807, 2.05) is 0 Å². The fraction of sp³-hybridized carbons (Fsp3) is 0.684. The summed E-state index contributed by atoms with van der Waals surface area (Å²) >= 11 is 0. The predicted molar refractivity (Wildman–Crippen MR) is 86.0 cm³/mol. The molecule has 1 unspecified atom stereocenters. The lowest BCUT2D eigenvalue weighted by Gasteiger charge is -2.34. The van der Waals surface area contributed by atoms with E-state index in [1.165, 1.54) is 57.8 Å². The molecule has 110 valence electrons. The van der Waals surface area contributed by atoms with E-state index in [1.54, 1.807) is 11.1 Å². The van der Waals surface area contributed by atoms with Crippen molar-refractivity contribution in [2.24, 2.45) is 5.92 Å². The van der Waals surface area contributed by atoms with Gasteiger partial charge in [0.05, 0.1) is 0 Å². The summed E-state index contributed by atoms with van der Waals surface area (Å²) in [6.07, 6.45) is 12.4. The molecule has 1 N–H and O–H groups in total. The molecule has 0 saturated heterocycles. The third kappa shape index (κ3) is 3.44. The number of rotatable bonds is 4. The van der Waals surface area contributed by atoms with E-state index in [2.05, 4.69) is 36.5 Å². The maximum atomic E-state index is 3.96. The molecule has 1 aromatic rings. The smallest absolute Gasteiger partial charge is 0.0113 e. The van der Waals surface area contributed by atoms with Crippen LogP contribution in [0.1, 0.15) is 63.0 Å². The summed E-state index contributed by atoms with van der Waals surface area (Å²) in [5.41, 5.74) is 3.16. The summed E-state index contributed by atoms with van der Waals surface area (Å²) in [7, 11) is 0. The van der Waals surface area contributed by atoms with Crippen LogP contribution >= 0.6 is 0 Å². The number of nitrogens with one attached hydrogen (secondary N) is 1. The molecule has 0 aliphatic heterocycles. The van der Waals surface area contributed by atoms with Gasteiger partial charge >= 0.3 is 0 Å². The molecule has 20 heavy (non-hydrogen) atoms. The summed E-state index contributed by atoms with van der Waals surface area (Å²) in [5.74, 6) is 1.02. The molecule has 0 spiro atoms. The topological polar surface area (TPSA) is 12.0 Å². The zero-order valence-electron chi connectivity index (χ0n) is 12.9. The Labute approximate surface area is 124 Å². The minimum Gasteiger partial charge on any atom is -0.311 e. The van der Waals surface area contributed by atoms with Crippen LogP contribution in [0.25, 0.3) is 0 Å². The molecule has 2 aliphatic carbocycles. The zero-order valence-corrected chi connectivity index (χ0v) is 12.9. The number of hydrogen-bond donors (Lipinski definition) is 1. The van der Waals surface area contributed by atoms with Crippen LogP contribution < -0.4 is 5.32 Å². The molecule has 1 nitrogen and oxygen atoms in total. The van der Waals surface area contributed by atoms with Gasteiger partial charge in [-0.15, -0.1) is 0 Å². The average molecular weight is 271 g/mol. The molecule has 1 fully saturated rings. The van der Waals surface area contributed by atoms with Crippen molar-refractivity contribution in [3.05, 3.63) is 35.4 Å². The Kier molecular flexibility index (Phi) is 4.77. The van der Waals surface area contributed by atoms with E-state index in [0.29, 0.717) is 0 Å². The first-order valence-electron chi connectivity index (χ1n) is 8.68. The van der Waals surface area contributed by atoms with Gasteiger partial charge in [0.2, 0.25) is 0 Å². The minimum absolute atomic E-state index is 0.720. The first-order chi connectivity index (χ1) is 9.85. The molecule has 0 bridgehead atoms. The highest BCUT2D eigenvalue weighted by atomic mass is 15.0. The van der Waals surface area contributed by atoms with Crippen LogP contribution in [0.4, 0.5) is 0 Å². The predicted octanol–water partition coefficient (Wildman–Crippen LogP) is 4.49. The van der Waals surface area contributed by atoms with Crippen molar-refractivity contribution in [3.8, 4) is 0 Å².